The number of fused-ring (bicyclic) bond motifs is 1. The van der Waals surface area contributed by atoms with E-state index in [1.54, 1.807) is 11.9 Å². The van der Waals surface area contributed by atoms with Crippen LogP contribution in [0.3, 0.4) is 0 Å². The number of carbonyl (C=O) groups is 1. The van der Waals surface area contributed by atoms with Crippen LogP contribution in [-0.4, -0.2) is 34.4 Å². The molecule has 0 fully saturated rings. The van der Waals surface area contributed by atoms with Gasteiger partial charge >= 0.3 is 0 Å². The maximum Gasteiger partial charge on any atom is 0.274 e. The molecular weight excluding hydrogens is 358 g/mol. The lowest BCUT2D eigenvalue weighted by Crippen LogP contribution is -2.31. The standard InChI is InChI=1S/C21H19N3O4/c1-23(12-16-7-9-18-19(11-16)28-14-27-18)21(26)17-8-10-20(25)24(22-17)13-15-5-3-2-4-6-15/h2-11H,12-14H2,1H3. The van der Waals surface area contributed by atoms with E-state index in [1.807, 2.05) is 48.5 Å². The number of ether oxygens (including phenoxy) is 2. The normalized spacial score (nSPS) is 12.0. The van der Waals surface area contributed by atoms with Gasteiger partial charge in [-0.15, -0.1) is 0 Å². The smallest absolute Gasteiger partial charge is 0.274 e. The molecule has 28 heavy (non-hydrogen) atoms. The molecule has 1 amide bonds. The summed E-state index contributed by atoms with van der Waals surface area (Å²) in [6.07, 6.45) is 0. The second kappa shape index (κ2) is 7.56. The number of nitrogens with zero attached hydrogens (tertiary/aromatic N) is 3. The summed E-state index contributed by atoms with van der Waals surface area (Å²) >= 11 is 0. The van der Waals surface area contributed by atoms with Crippen molar-refractivity contribution in [3.8, 4) is 11.5 Å². The molecule has 1 aliphatic rings. The molecule has 0 aliphatic carbocycles. The fraction of sp³-hybridized carbons (Fsp3) is 0.190. The number of carbonyl (C=O) groups excluding carboxylic acids is 1. The lowest BCUT2D eigenvalue weighted by molar-refractivity contribution is 0.0776. The van der Waals surface area contributed by atoms with E-state index in [0.29, 0.717) is 24.6 Å². The van der Waals surface area contributed by atoms with Crippen molar-refractivity contribution in [2.45, 2.75) is 13.1 Å². The minimum absolute atomic E-state index is 0.209. The van der Waals surface area contributed by atoms with Crippen molar-refractivity contribution in [1.82, 2.24) is 14.7 Å². The van der Waals surface area contributed by atoms with Gasteiger partial charge in [0.15, 0.2) is 11.5 Å². The van der Waals surface area contributed by atoms with E-state index < -0.39 is 0 Å². The highest BCUT2D eigenvalue weighted by molar-refractivity contribution is 5.91. The predicted molar refractivity (Wildman–Crippen MR) is 102 cm³/mol. The lowest BCUT2D eigenvalue weighted by atomic mass is 10.2. The van der Waals surface area contributed by atoms with Crippen molar-refractivity contribution < 1.29 is 14.3 Å². The van der Waals surface area contributed by atoms with Gasteiger partial charge in [0.05, 0.1) is 6.54 Å². The van der Waals surface area contributed by atoms with E-state index in [0.717, 1.165) is 11.1 Å². The second-order valence-corrected chi connectivity index (χ2v) is 6.55. The third-order valence-electron chi connectivity index (χ3n) is 4.46. The van der Waals surface area contributed by atoms with Crippen LogP contribution in [0.25, 0.3) is 0 Å². The van der Waals surface area contributed by atoms with Crippen LogP contribution in [0.2, 0.25) is 0 Å². The Hall–Kier alpha value is -3.61. The average Bonchev–Trinajstić information content (AvgIpc) is 3.18. The van der Waals surface area contributed by atoms with Crippen LogP contribution in [0.1, 0.15) is 21.6 Å². The first-order valence-electron chi connectivity index (χ1n) is 8.86. The van der Waals surface area contributed by atoms with Gasteiger partial charge in [-0.05, 0) is 29.3 Å². The van der Waals surface area contributed by atoms with Gasteiger partial charge in [-0.25, -0.2) is 4.68 Å². The molecular formula is C21H19N3O4. The molecule has 2 heterocycles. The summed E-state index contributed by atoms with van der Waals surface area (Å²) in [6.45, 7) is 0.905. The van der Waals surface area contributed by atoms with E-state index >= 15 is 0 Å². The summed E-state index contributed by atoms with van der Waals surface area (Å²) in [7, 11) is 1.70. The number of rotatable bonds is 5. The van der Waals surface area contributed by atoms with Gasteiger partial charge in [-0.2, -0.15) is 5.10 Å². The Morgan fingerprint density at radius 1 is 1.04 bits per heavy atom. The van der Waals surface area contributed by atoms with E-state index in [2.05, 4.69) is 5.10 Å². The quantitative estimate of drug-likeness (QED) is 0.682. The molecule has 3 aromatic rings. The van der Waals surface area contributed by atoms with Gasteiger partial charge in [0, 0.05) is 19.7 Å². The van der Waals surface area contributed by atoms with Gasteiger partial charge in [0.2, 0.25) is 6.79 Å². The maximum atomic E-state index is 12.8. The molecule has 0 atom stereocenters. The first-order valence-corrected chi connectivity index (χ1v) is 8.86. The Morgan fingerprint density at radius 3 is 2.64 bits per heavy atom. The van der Waals surface area contributed by atoms with Crippen molar-refractivity contribution in [3.63, 3.8) is 0 Å². The van der Waals surface area contributed by atoms with E-state index in [9.17, 15) is 9.59 Å². The molecule has 0 unspecified atom stereocenters. The van der Waals surface area contributed by atoms with Crippen LogP contribution < -0.4 is 15.0 Å². The van der Waals surface area contributed by atoms with Crippen molar-refractivity contribution in [2.24, 2.45) is 0 Å². The average molecular weight is 377 g/mol. The first kappa shape index (κ1) is 17.8. The Morgan fingerprint density at radius 2 is 1.82 bits per heavy atom. The van der Waals surface area contributed by atoms with Gasteiger partial charge in [-0.1, -0.05) is 36.4 Å². The fourth-order valence-electron chi connectivity index (χ4n) is 3.01. The van der Waals surface area contributed by atoms with E-state index in [-0.39, 0.29) is 24.0 Å². The molecule has 0 saturated carbocycles. The van der Waals surface area contributed by atoms with Crippen LogP contribution in [0.5, 0.6) is 11.5 Å². The first-order chi connectivity index (χ1) is 13.6. The van der Waals surface area contributed by atoms with E-state index in [4.69, 9.17) is 9.47 Å². The van der Waals surface area contributed by atoms with Crippen molar-refractivity contribution in [1.29, 1.82) is 0 Å². The molecule has 0 saturated heterocycles. The highest BCUT2D eigenvalue weighted by Gasteiger charge is 2.18. The summed E-state index contributed by atoms with van der Waals surface area (Å²) in [5.41, 5.74) is 1.82. The molecule has 1 aliphatic heterocycles. The number of hydrogen-bond donors (Lipinski definition) is 0. The Balaban J connectivity index is 1.51. The Labute approximate surface area is 161 Å². The number of benzene rings is 2. The predicted octanol–water partition coefficient (Wildman–Crippen LogP) is 2.29. The lowest BCUT2D eigenvalue weighted by Gasteiger charge is -2.17. The number of hydrogen-bond acceptors (Lipinski definition) is 5. The third-order valence-corrected chi connectivity index (χ3v) is 4.46. The highest BCUT2D eigenvalue weighted by Crippen LogP contribution is 2.32. The second-order valence-electron chi connectivity index (χ2n) is 6.55. The zero-order chi connectivity index (χ0) is 19.5. The molecule has 4 rings (SSSR count). The van der Waals surface area contributed by atoms with Crippen molar-refractivity contribution >= 4 is 5.91 Å². The van der Waals surface area contributed by atoms with E-state index in [1.165, 1.54) is 16.8 Å². The third kappa shape index (κ3) is 3.73. The van der Waals surface area contributed by atoms with Crippen LogP contribution in [0.15, 0.2) is 65.5 Å². The van der Waals surface area contributed by atoms with Gasteiger partial charge in [0.25, 0.3) is 11.5 Å². The van der Waals surface area contributed by atoms with Gasteiger partial charge in [0.1, 0.15) is 5.69 Å². The zero-order valence-electron chi connectivity index (χ0n) is 15.4. The maximum absolute atomic E-state index is 12.8. The highest BCUT2D eigenvalue weighted by atomic mass is 16.7. The Kier molecular flexibility index (Phi) is 4.80. The largest absolute Gasteiger partial charge is 0.454 e. The molecule has 0 bridgehead atoms. The summed E-state index contributed by atoms with van der Waals surface area (Å²) in [5, 5.41) is 4.26. The minimum Gasteiger partial charge on any atom is -0.454 e. The number of aromatic nitrogens is 2. The topological polar surface area (TPSA) is 73.7 Å². The molecule has 0 radical (unpaired) electrons. The van der Waals surface area contributed by atoms with Crippen LogP contribution in [0, 0.1) is 0 Å². The molecule has 142 valence electrons. The molecule has 2 aromatic carbocycles. The van der Waals surface area contributed by atoms with Crippen LogP contribution >= 0.6 is 0 Å². The summed E-state index contributed by atoms with van der Waals surface area (Å²) in [6, 6.07) is 17.9. The summed E-state index contributed by atoms with van der Waals surface area (Å²) < 4.78 is 12.0. The van der Waals surface area contributed by atoms with Crippen LogP contribution in [-0.2, 0) is 13.1 Å². The zero-order valence-corrected chi connectivity index (χ0v) is 15.4. The summed E-state index contributed by atoms with van der Waals surface area (Å²) in [4.78, 5) is 26.5. The van der Waals surface area contributed by atoms with Crippen molar-refractivity contribution in [2.75, 3.05) is 13.8 Å². The van der Waals surface area contributed by atoms with Gasteiger partial charge < -0.3 is 14.4 Å². The minimum atomic E-state index is -0.264. The molecule has 7 nitrogen and oxygen atoms in total. The monoisotopic (exact) mass is 377 g/mol. The Bertz CT molecular complexity index is 1060. The molecule has 0 N–H and O–H groups in total. The summed E-state index contributed by atoms with van der Waals surface area (Å²) in [5.74, 6) is 1.11. The van der Waals surface area contributed by atoms with Crippen LogP contribution in [0.4, 0.5) is 0 Å². The van der Waals surface area contributed by atoms with Crippen molar-refractivity contribution in [3.05, 3.63) is 87.8 Å². The SMILES string of the molecule is CN(Cc1ccc2c(c1)OCO2)C(=O)c1ccc(=O)n(Cc2ccccc2)n1. The molecule has 0 spiro atoms. The molecule has 1 aromatic heterocycles. The van der Waals surface area contributed by atoms with Gasteiger partial charge in [-0.3, -0.25) is 9.59 Å². The molecule has 7 heteroatoms. The number of amides is 1. The fourth-order valence-corrected chi connectivity index (χ4v) is 3.01.